The third-order valence-corrected chi connectivity index (χ3v) is 4.24. The zero-order chi connectivity index (χ0) is 15.5. The summed E-state index contributed by atoms with van der Waals surface area (Å²) in [5.74, 6) is -0.744. The Balaban J connectivity index is 2.05. The number of aryl methyl sites for hydroxylation is 1. The first-order chi connectivity index (χ1) is 10.7. The van der Waals surface area contributed by atoms with Crippen molar-refractivity contribution < 1.29 is 9.90 Å². The number of rotatable bonds is 4. The average Bonchev–Trinajstić information content (AvgIpc) is 2.98. The SMILES string of the molecule is Cc1cccc(C(c2ccccn2)N2CCCC2C(=O)O)c1. The lowest BCUT2D eigenvalue weighted by Gasteiger charge is -2.31. The molecule has 0 bridgehead atoms. The molecule has 1 aliphatic heterocycles. The number of benzene rings is 1. The minimum Gasteiger partial charge on any atom is -0.480 e. The Bertz CT molecular complexity index is 657. The normalized spacial score (nSPS) is 20.0. The number of nitrogens with zero attached hydrogens (tertiary/aromatic N) is 2. The summed E-state index contributed by atoms with van der Waals surface area (Å²) in [5, 5.41) is 9.52. The lowest BCUT2D eigenvalue weighted by atomic mass is 9.98. The lowest BCUT2D eigenvalue weighted by molar-refractivity contribution is -0.142. The van der Waals surface area contributed by atoms with Gasteiger partial charge in [0.05, 0.1) is 11.7 Å². The van der Waals surface area contributed by atoms with Crippen molar-refractivity contribution in [3.05, 3.63) is 65.5 Å². The molecule has 22 heavy (non-hydrogen) atoms. The Morgan fingerprint density at radius 2 is 2.18 bits per heavy atom. The Labute approximate surface area is 130 Å². The van der Waals surface area contributed by atoms with Gasteiger partial charge < -0.3 is 5.11 Å². The molecule has 1 saturated heterocycles. The van der Waals surface area contributed by atoms with Crippen molar-refractivity contribution in [1.82, 2.24) is 9.88 Å². The number of aromatic nitrogens is 1. The van der Waals surface area contributed by atoms with Gasteiger partial charge in [-0.2, -0.15) is 0 Å². The highest BCUT2D eigenvalue weighted by molar-refractivity contribution is 5.74. The molecule has 1 aliphatic rings. The Morgan fingerprint density at radius 3 is 2.86 bits per heavy atom. The van der Waals surface area contributed by atoms with Gasteiger partial charge in [-0.25, -0.2) is 0 Å². The average molecular weight is 296 g/mol. The van der Waals surface area contributed by atoms with Gasteiger partial charge in [-0.3, -0.25) is 14.7 Å². The second-order valence-corrected chi connectivity index (χ2v) is 5.81. The van der Waals surface area contributed by atoms with Gasteiger partial charge in [0.15, 0.2) is 0 Å². The van der Waals surface area contributed by atoms with Crippen molar-refractivity contribution in [3.8, 4) is 0 Å². The molecule has 0 amide bonds. The van der Waals surface area contributed by atoms with Crippen molar-refractivity contribution in [2.45, 2.75) is 31.8 Å². The fourth-order valence-corrected chi connectivity index (χ4v) is 3.27. The quantitative estimate of drug-likeness (QED) is 0.942. The molecule has 0 aliphatic carbocycles. The summed E-state index contributed by atoms with van der Waals surface area (Å²) in [4.78, 5) is 18.1. The number of hydrogen-bond acceptors (Lipinski definition) is 3. The fourth-order valence-electron chi connectivity index (χ4n) is 3.27. The van der Waals surface area contributed by atoms with E-state index in [1.807, 2.05) is 24.3 Å². The van der Waals surface area contributed by atoms with Crippen LogP contribution in [0, 0.1) is 6.92 Å². The van der Waals surface area contributed by atoms with Crippen LogP contribution in [0.4, 0.5) is 0 Å². The predicted octanol–water partition coefficient (Wildman–Crippen LogP) is 3.03. The largest absolute Gasteiger partial charge is 0.480 e. The molecule has 1 aromatic heterocycles. The molecule has 114 valence electrons. The van der Waals surface area contributed by atoms with Crippen LogP contribution >= 0.6 is 0 Å². The summed E-state index contributed by atoms with van der Waals surface area (Å²) >= 11 is 0. The van der Waals surface area contributed by atoms with Crippen LogP contribution in [-0.2, 0) is 4.79 Å². The summed E-state index contributed by atoms with van der Waals surface area (Å²) in [6.07, 6.45) is 3.38. The summed E-state index contributed by atoms with van der Waals surface area (Å²) in [5.41, 5.74) is 3.18. The van der Waals surface area contributed by atoms with Gasteiger partial charge in [0, 0.05) is 12.7 Å². The van der Waals surface area contributed by atoms with E-state index in [0.717, 1.165) is 24.2 Å². The van der Waals surface area contributed by atoms with Crippen LogP contribution in [0.15, 0.2) is 48.7 Å². The first-order valence-corrected chi connectivity index (χ1v) is 7.63. The van der Waals surface area contributed by atoms with Crippen LogP contribution in [0.1, 0.15) is 35.7 Å². The van der Waals surface area contributed by atoms with Gasteiger partial charge in [-0.15, -0.1) is 0 Å². The van der Waals surface area contributed by atoms with E-state index >= 15 is 0 Å². The van der Waals surface area contributed by atoms with E-state index in [1.54, 1.807) is 6.20 Å². The van der Waals surface area contributed by atoms with E-state index in [1.165, 1.54) is 5.56 Å². The predicted molar refractivity (Wildman–Crippen MR) is 84.6 cm³/mol. The number of carbonyl (C=O) groups is 1. The molecule has 1 N–H and O–H groups in total. The topological polar surface area (TPSA) is 53.4 Å². The highest BCUT2D eigenvalue weighted by Gasteiger charge is 2.37. The van der Waals surface area contributed by atoms with E-state index in [9.17, 15) is 9.90 Å². The summed E-state index contributed by atoms with van der Waals surface area (Å²) in [6, 6.07) is 13.5. The minimum atomic E-state index is -0.744. The van der Waals surface area contributed by atoms with Crippen molar-refractivity contribution in [2.75, 3.05) is 6.54 Å². The van der Waals surface area contributed by atoms with E-state index in [2.05, 4.69) is 35.0 Å². The van der Waals surface area contributed by atoms with Gasteiger partial charge in [0.2, 0.25) is 0 Å². The number of carboxylic acids is 1. The highest BCUT2D eigenvalue weighted by atomic mass is 16.4. The number of pyridine rings is 1. The molecular formula is C18H20N2O2. The maximum Gasteiger partial charge on any atom is 0.320 e. The second kappa shape index (κ2) is 6.28. The molecule has 4 heteroatoms. The summed E-state index contributed by atoms with van der Waals surface area (Å²) < 4.78 is 0. The number of carboxylic acid groups (broad SMARTS) is 1. The molecule has 2 unspecified atom stereocenters. The molecule has 0 saturated carbocycles. The van der Waals surface area contributed by atoms with Crippen LogP contribution in [0.5, 0.6) is 0 Å². The van der Waals surface area contributed by atoms with Gasteiger partial charge in [0.25, 0.3) is 0 Å². The van der Waals surface area contributed by atoms with Gasteiger partial charge >= 0.3 is 5.97 Å². The van der Waals surface area contributed by atoms with E-state index in [4.69, 9.17) is 0 Å². The Morgan fingerprint density at radius 1 is 1.32 bits per heavy atom. The standard InChI is InChI=1S/C18H20N2O2/c1-13-6-4-7-14(12-13)17(15-8-2-3-10-19-15)20-11-5-9-16(20)18(21)22/h2-4,6-8,10,12,16-17H,5,9,11H2,1H3,(H,21,22). The smallest absolute Gasteiger partial charge is 0.320 e. The maximum absolute atomic E-state index is 11.6. The number of likely N-dealkylation sites (tertiary alicyclic amines) is 1. The fraction of sp³-hybridized carbons (Fsp3) is 0.333. The summed E-state index contributed by atoms with van der Waals surface area (Å²) in [7, 11) is 0. The molecule has 1 aromatic carbocycles. The molecule has 2 aromatic rings. The van der Waals surface area contributed by atoms with Crippen LogP contribution in [0.3, 0.4) is 0 Å². The van der Waals surface area contributed by atoms with Gasteiger partial charge in [0.1, 0.15) is 6.04 Å². The van der Waals surface area contributed by atoms with E-state index in [-0.39, 0.29) is 6.04 Å². The van der Waals surface area contributed by atoms with Crippen LogP contribution in [0.2, 0.25) is 0 Å². The second-order valence-electron chi connectivity index (χ2n) is 5.81. The molecule has 2 atom stereocenters. The van der Waals surface area contributed by atoms with Crippen molar-refractivity contribution >= 4 is 5.97 Å². The lowest BCUT2D eigenvalue weighted by Crippen LogP contribution is -2.39. The first kappa shape index (κ1) is 14.7. The van der Waals surface area contributed by atoms with Gasteiger partial charge in [-0.1, -0.05) is 35.9 Å². The van der Waals surface area contributed by atoms with Crippen molar-refractivity contribution in [3.63, 3.8) is 0 Å². The molecular weight excluding hydrogens is 276 g/mol. The molecule has 3 rings (SSSR count). The van der Waals surface area contributed by atoms with E-state index < -0.39 is 12.0 Å². The molecule has 1 fully saturated rings. The molecule has 0 spiro atoms. The minimum absolute atomic E-state index is 0.107. The van der Waals surface area contributed by atoms with Crippen molar-refractivity contribution in [1.29, 1.82) is 0 Å². The molecule has 4 nitrogen and oxygen atoms in total. The third kappa shape index (κ3) is 2.88. The first-order valence-electron chi connectivity index (χ1n) is 7.63. The zero-order valence-electron chi connectivity index (χ0n) is 12.6. The van der Waals surface area contributed by atoms with Crippen LogP contribution < -0.4 is 0 Å². The van der Waals surface area contributed by atoms with Crippen molar-refractivity contribution in [2.24, 2.45) is 0 Å². The van der Waals surface area contributed by atoms with Crippen LogP contribution in [-0.4, -0.2) is 33.5 Å². The van der Waals surface area contributed by atoms with E-state index in [0.29, 0.717) is 6.42 Å². The Hall–Kier alpha value is -2.20. The number of aliphatic carboxylic acids is 1. The molecule has 0 radical (unpaired) electrons. The maximum atomic E-state index is 11.6. The highest BCUT2D eigenvalue weighted by Crippen LogP contribution is 2.34. The van der Waals surface area contributed by atoms with Crippen LogP contribution in [0.25, 0.3) is 0 Å². The summed E-state index contributed by atoms with van der Waals surface area (Å²) in [6.45, 7) is 2.84. The zero-order valence-corrected chi connectivity index (χ0v) is 12.6. The molecule has 2 heterocycles. The third-order valence-electron chi connectivity index (χ3n) is 4.24. The monoisotopic (exact) mass is 296 g/mol. The van der Waals surface area contributed by atoms with Gasteiger partial charge in [-0.05, 0) is 37.5 Å². The Kier molecular flexibility index (Phi) is 4.20. The number of hydrogen-bond donors (Lipinski definition) is 1.